The van der Waals surface area contributed by atoms with E-state index in [9.17, 15) is 13.5 Å². The van der Waals surface area contributed by atoms with E-state index in [0.29, 0.717) is 31.4 Å². The number of aromatic nitrogens is 2. The molecule has 2 rings (SSSR count). The Labute approximate surface area is 112 Å². The highest BCUT2D eigenvalue weighted by atomic mass is 32.2. The van der Waals surface area contributed by atoms with Crippen LogP contribution in [0.15, 0.2) is 4.90 Å². The molecule has 108 valence electrons. The Balaban J connectivity index is 2.19. The predicted molar refractivity (Wildman–Crippen MR) is 70.9 cm³/mol. The number of sulfonamides is 1. The third-order valence-corrected chi connectivity index (χ3v) is 5.28. The number of nitrogens with zero attached hydrogens (tertiary/aromatic N) is 2. The van der Waals surface area contributed by atoms with E-state index in [4.69, 9.17) is 5.73 Å². The summed E-state index contributed by atoms with van der Waals surface area (Å²) in [7, 11) is -2.00. The fraction of sp³-hybridized carbons (Fsp3) is 0.727. The second-order valence-electron chi connectivity index (χ2n) is 5.05. The molecule has 1 saturated carbocycles. The normalized spacial score (nSPS) is 24.6. The third kappa shape index (κ3) is 2.90. The molecule has 0 aromatic carbocycles. The lowest BCUT2D eigenvalue weighted by Gasteiger charge is -2.25. The summed E-state index contributed by atoms with van der Waals surface area (Å²) in [5.74, 6) is 0.0170. The van der Waals surface area contributed by atoms with Crippen LogP contribution in [0, 0.1) is 6.92 Å². The monoisotopic (exact) mass is 288 g/mol. The van der Waals surface area contributed by atoms with Crippen molar-refractivity contribution in [3.63, 3.8) is 0 Å². The van der Waals surface area contributed by atoms with E-state index in [2.05, 4.69) is 9.82 Å². The van der Waals surface area contributed by atoms with Crippen molar-refractivity contribution in [3.05, 3.63) is 5.69 Å². The fourth-order valence-electron chi connectivity index (χ4n) is 2.42. The van der Waals surface area contributed by atoms with Crippen LogP contribution in [0.25, 0.3) is 0 Å². The van der Waals surface area contributed by atoms with Crippen LogP contribution in [0.4, 0.5) is 5.82 Å². The number of hydrogen-bond acceptors (Lipinski definition) is 5. The van der Waals surface area contributed by atoms with Gasteiger partial charge >= 0.3 is 0 Å². The van der Waals surface area contributed by atoms with Gasteiger partial charge in [0.2, 0.25) is 10.0 Å². The Morgan fingerprint density at radius 3 is 2.42 bits per heavy atom. The Morgan fingerprint density at radius 1 is 1.37 bits per heavy atom. The Bertz CT molecular complexity index is 559. The minimum Gasteiger partial charge on any atom is -0.393 e. The molecule has 19 heavy (non-hydrogen) atoms. The lowest BCUT2D eigenvalue weighted by molar-refractivity contribution is 0.120. The van der Waals surface area contributed by atoms with Gasteiger partial charge < -0.3 is 10.8 Å². The van der Waals surface area contributed by atoms with Crippen molar-refractivity contribution in [2.24, 2.45) is 7.05 Å². The van der Waals surface area contributed by atoms with Crippen LogP contribution in [0.5, 0.6) is 0 Å². The topological polar surface area (TPSA) is 110 Å². The number of hydrogen-bond donors (Lipinski definition) is 3. The predicted octanol–water partition coefficient (Wildman–Crippen LogP) is -0.107. The number of aliphatic hydroxyl groups excluding tert-OH is 1. The molecule has 0 aliphatic heterocycles. The number of nitrogen functional groups attached to an aromatic ring is 1. The van der Waals surface area contributed by atoms with Crippen LogP contribution in [0.2, 0.25) is 0 Å². The number of anilines is 1. The van der Waals surface area contributed by atoms with Crippen LogP contribution in [0.1, 0.15) is 31.4 Å². The summed E-state index contributed by atoms with van der Waals surface area (Å²) in [6.07, 6.45) is 2.20. The summed E-state index contributed by atoms with van der Waals surface area (Å²) in [6.45, 7) is 1.67. The van der Waals surface area contributed by atoms with Crippen molar-refractivity contribution < 1.29 is 13.5 Å². The van der Waals surface area contributed by atoms with Crippen LogP contribution in [0.3, 0.4) is 0 Å². The van der Waals surface area contributed by atoms with E-state index in [1.165, 1.54) is 4.68 Å². The van der Waals surface area contributed by atoms with Crippen LogP contribution in [-0.2, 0) is 17.1 Å². The smallest absolute Gasteiger partial charge is 0.246 e. The van der Waals surface area contributed by atoms with Gasteiger partial charge in [0.1, 0.15) is 4.90 Å². The highest BCUT2D eigenvalue weighted by Gasteiger charge is 2.29. The summed E-state index contributed by atoms with van der Waals surface area (Å²) in [4.78, 5) is 0.0566. The molecule has 7 nitrogen and oxygen atoms in total. The highest BCUT2D eigenvalue weighted by Crippen LogP contribution is 2.24. The summed E-state index contributed by atoms with van der Waals surface area (Å²) in [5, 5.41) is 13.3. The molecule has 0 saturated heterocycles. The van der Waals surface area contributed by atoms with Crippen molar-refractivity contribution in [3.8, 4) is 0 Å². The van der Waals surface area contributed by atoms with Gasteiger partial charge in [0.05, 0.1) is 11.8 Å². The Hall–Kier alpha value is -1.12. The van der Waals surface area contributed by atoms with Gasteiger partial charge in [-0.05, 0) is 32.6 Å². The largest absolute Gasteiger partial charge is 0.393 e. The average Bonchev–Trinajstić information content (AvgIpc) is 2.56. The molecule has 1 heterocycles. The summed E-state index contributed by atoms with van der Waals surface area (Å²) >= 11 is 0. The molecule has 0 radical (unpaired) electrons. The number of nitrogens with two attached hydrogens (primary N) is 1. The van der Waals surface area contributed by atoms with Crippen molar-refractivity contribution in [1.29, 1.82) is 0 Å². The number of aliphatic hydroxyl groups is 1. The minimum atomic E-state index is -3.66. The van der Waals surface area contributed by atoms with Gasteiger partial charge in [0.25, 0.3) is 0 Å². The first-order valence-electron chi connectivity index (χ1n) is 6.30. The van der Waals surface area contributed by atoms with Crippen LogP contribution < -0.4 is 10.5 Å². The number of rotatable bonds is 3. The Kier molecular flexibility index (Phi) is 3.84. The van der Waals surface area contributed by atoms with Crippen molar-refractivity contribution in [2.45, 2.75) is 49.6 Å². The number of nitrogens with one attached hydrogen (secondary N) is 1. The summed E-state index contributed by atoms with van der Waals surface area (Å²) in [5.41, 5.74) is 6.18. The molecular weight excluding hydrogens is 268 g/mol. The molecule has 0 bridgehead atoms. The van der Waals surface area contributed by atoms with Gasteiger partial charge in [-0.25, -0.2) is 13.1 Å². The summed E-state index contributed by atoms with van der Waals surface area (Å²) < 4.78 is 28.8. The molecule has 8 heteroatoms. The second kappa shape index (κ2) is 5.10. The molecular formula is C11H20N4O3S. The van der Waals surface area contributed by atoms with Crippen LogP contribution in [-0.4, -0.2) is 35.5 Å². The molecule has 1 aliphatic rings. The van der Waals surface area contributed by atoms with E-state index in [1.807, 2.05) is 0 Å². The third-order valence-electron chi connectivity index (χ3n) is 3.59. The van der Waals surface area contributed by atoms with Crippen molar-refractivity contribution in [1.82, 2.24) is 14.5 Å². The van der Waals surface area contributed by atoms with Crippen molar-refractivity contribution >= 4 is 15.8 Å². The van der Waals surface area contributed by atoms with Gasteiger partial charge in [-0.15, -0.1) is 0 Å². The first-order chi connectivity index (χ1) is 8.81. The first-order valence-corrected chi connectivity index (χ1v) is 7.79. The molecule has 0 amide bonds. The quantitative estimate of drug-likeness (QED) is 0.719. The standard InChI is InChI=1S/C11H20N4O3S/c1-7-10(11(12)13-15(7)2)19(17,18)14-8-3-5-9(16)6-4-8/h8-9,14,16H,3-6H2,1-2H3,(H2,12,13). The summed E-state index contributed by atoms with van der Waals surface area (Å²) in [6, 6.07) is -0.146. The van der Waals surface area contributed by atoms with E-state index in [1.54, 1.807) is 14.0 Å². The lowest BCUT2D eigenvalue weighted by atomic mass is 9.94. The second-order valence-corrected chi connectivity index (χ2v) is 6.70. The highest BCUT2D eigenvalue weighted by molar-refractivity contribution is 7.89. The van der Waals surface area contributed by atoms with Gasteiger partial charge in [-0.1, -0.05) is 0 Å². The molecule has 1 aromatic rings. The zero-order valence-electron chi connectivity index (χ0n) is 11.1. The van der Waals surface area contributed by atoms with E-state index >= 15 is 0 Å². The lowest BCUT2D eigenvalue weighted by Crippen LogP contribution is -2.38. The molecule has 4 N–H and O–H groups in total. The zero-order chi connectivity index (χ0) is 14.2. The molecule has 1 aromatic heterocycles. The average molecular weight is 288 g/mol. The number of aryl methyl sites for hydroxylation is 1. The van der Waals surface area contributed by atoms with Gasteiger partial charge in [-0.2, -0.15) is 5.10 Å². The van der Waals surface area contributed by atoms with Gasteiger partial charge in [-0.3, -0.25) is 4.68 Å². The molecule has 0 atom stereocenters. The van der Waals surface area contributed by atoms with E-state index in [-0.39, 0.29) is 22.9 Å². The fourth-order valence-corrected chi connectivity index (χ4v) is 4.05. The first kappa shape index (κ1) is 14.3. The van der Waals surface area contributed by atoms with E-state index < -0.39 is 10.0 Å². The molecule has 0 spiro atoms. The minimum absolute atomic E-state index is 0.0170. The zero-order valence-corrected chi connectivity index (χ0v) is 11.9. The maximum absolute atomic E-state index is 12.3. The Morgan fingerprint density at radius 2 is 1.95 bits per heavy atom. The maximum atomic E-state index is 12.3. The molecule has 1 fully saturated rings. The van der Waals surface area contributed by atoms with Gasteiger partial charge in [0.15, 0.2) is 5.82 Å². The van der Waals surface area contributed by atoms with Gasteiger partial charge in [0, 0.05) is 13.1 Å². The van der Waals surface area contributed by atoms with E-state index in [0.717, 1.165) is 0 Å². The maximum Gasteiger partial charge on any atom is 0.246 e. The van der Waals surface area contributed by atoms with Crippen LogP contribution >= 0.6 is 0 Å². The molecule has 1 aliphatic carbocycles. The molecule has 0 unspecified atom stereocenters. The van der Waals surface area contributed by atoms with Crippen molar-refractivity contribution in [2.75, 3.05) is 5.73 Å². The SMILES string of the molecule is Cc1c(S(=O)(=O)NC2CCC(O)CC2)c(N)nn1C.